The van der Waals surface area contributed by atoms with E-state index in [1.54, 1.807) is 28.4 Å². The molecular formula is C23H29FN2O2S. The lowest BCUT2D eigenvalue weighted by Crippen LogP contribution is -2.47. The highest BCUT2D eigenvalue weighted by molar-refractivity contribution is 7.10. The van der Waals surface area contributed by atoms with Crippen molar-refractivity contribution >= 4 is 23.2 Å². The first-order valence-corrected chi connectivity index (χ1v) is 11.2. The number of rotatable bonds is 7. The molecule has 0 fully saturated rings. The summed E-state index contributed by atoms with van der Waals surface area (Å²) < 4.78 is 13.5. The molecule has 1 unspecified atom stereocenters. The number of carbonyl (C=O) groups excluding carboxylic acids is 2. The second kappa shape index (κ2) is 9.53. The fourth-order valence-corrected chi connectivity index (χ4v) is 4.81. The molecule has 1 aromatic heterocycles. The van der Waals surface area contributed by atoms with Crippen molar-refractivity contribution < 1.29 is 14.0 Å². The minimum Gasteiger partial charge on any atom is -0.333 e. The van der Waals surface area contributed by atoms with Crippen LogP contribution in [0.15, 0.2) is 35.7 Å². The van der Waals surface area contributed by atoms with E-state index in [1.807, 2.05) is 17.2 Å². The van der Waals surface area contributed by atoms with Crippen molar-refractivity contribution in [2.45, 2.75) is 46.1 Å². The first-order chi connectivity index (χ1) is 13.9. The first-order valence-electron chi connectivity index (χ1n) is 10.3. The molecule has 2 aromatic rings. The van der Waals surface area contributed by atoms with Crippen LogP contribution in [0.4, 0.5) is 4.39 Å². The van der Waals surface area contributed by atoms with Crippen molar-refractivity contribution in [3.63, 3.8) is 0 Å². The van der Waals surface area contributed by atoms with E-state index < -0.39 is 0 Å². The third-order valence-electron chi connectivity index (χ3n) is 5.20. The van der Waals surface area contributed by atoms with E-state index in [0.29, 0.717) is 25.4 Å². The zero-order valence-electron chi connectivity index (χ0n) is 17.4. The monoisotopic (exact) mass is 416 g/mol. The molecule has 6 heteroatoms. The number of thiophene rings is 1. The number of amides is 2. The molecule has 0 aliphatic carbocycles. The molecule has 0 saturated carbocycles. The Labute approximate surface area is 176 Å². The summed E-state index contributed by atoms with van der Waals surface area (Å²) in [6.07, 6.45) is 2.03. The molecule has 1 atom stereocenters. The molecule has 3 rings (SSSR count). The summed E-state index contributed by atoms with van der Waals surface area (Å²) in [5.74, 6) is -0.0232. The second-order valence-electron chi connectivity index (χ2n) is 8.01. The molecule has 1 aromatic carbocycles. The normalized spacial score (nSPS) is 16.0. The van der Waals surface area contributed by atoms with Gasteiger partial charge in [0.05, 0.1) is 12.6 Å². The maximum Gasteiger partial charge on any atom is 0.242 e. The SMILES string of the molecule is CCCC(=O)N(CC(=O)N1CCc2sccc2C1c1ccc(F)cc1)CC(C)C. The molecule has 1 aliphatic rings. The minimum atomic E-state index is -0.291. The number of halogens is 1. The van der Waals surface area contributed by atoms with Gasteiger partial charge in [0.2, 0.25) is 11.8 Å². The second-order valence-corrected chi connectivity index (χ2v) is 9.01. The van der Waals surface area contributed by atoms with Gasteiger partial charge < -0.3 is 9.80 Å². The predicted molar refractivity (Wildman–Crippen MR) is 114 cm³/mol. The standard InChI is InChI=1S/C23H29FN2O2S/c1-4-5-21(27)25(14-16(2)3)15-22(28)26-12-10-20-19(11-13-29-20)23(26)17-6-8-18(24)9-7-17/h6-9,11,13,16,23H,4-5,10,12,14-15H2,1-3H3. The first kappa shape index (κ1) is 21.5. The maximum absolute atomic E-state index is 13.5. The van der Waals surface area contributed by atoms with E-state index in [0.717, 1.165) is 24.0 Å². The average molecular weight is 417 g/mol. The Bertz CT molecular complexity index is 847. The topological polar surface area (TPSA) is 40.6 Å². The van der Waals surface area contributed by atoms with Crippen LogP contribution in [0.3, 0.4) is 0 Å². The van der Waals surface area contributed by atoms with Crippen LogP contribution in [0.5, 0.6) is 0 Å². The molecule has 2 amide bonds. The lowest BCUT2D eigenvalue weighted by molar-refractivity contribution is -0.142. The van der Waals surface area contributed by atoms with Crippen LogP contribution >= 0.6 is 11.3 Å². The fourth-order valence-electron chi connectivity index (χ4n) is 3.91. The number of hydrogen-bond acceptors (Lipinski definition) is 3. The molecular weight excluding hydrogens is 387 g/mol. The van der Waals surface area contributed by atoms with E-state index in [2.05, 4.69) is 19.9 Å². The fraction of sp³-hybridized carbons (Fsp3) is 0.478. The predicted octanol–water partition coefficient (Wildman–Crippen LogP) is 4.65. The van der Waals surface area contributed by atoms with E-state index in [4.69, 9.17) is 0 Å². The Morgan fingerprint density at radius 1 is 1.24 bits per heavy atom. The van der Waals surface area contributed by atoms with Gasteiger partial charge in [0.25, 0.3) is 0 Å². The van der Waals surface area contributed by atoms with Crippen LogP contribution in [0.2, 0.25) is 0 Å². The van der Waals surface area contributed by atoms with E-state index in [1.165, 1.54) is 17.0 Å². The van der Waals surface area contributed by atoms with Crippen molar-refractivity contribution in [1.29, 1.82) is 0 Å². The van der Waals surface area contributed by atoms with E-state index in [9.17, 15) is 14.0 Å². The lowest BCUT2D eigenvalue weighted by Gasteiger charge is -2.38. The molecule has 0 N–H and O–H groups in total. The third kappa shape index (κ3) is 5.04. The summed E-state index contributed by atoms with van der Waals surface area (Å²) in [5.41, 5.74) is 2.01. The largest absolute Gasteiger partial charge is 0.333 e. The number of carbonyl (C=O) groups is 2. The molecule has 2 heterocycles. The zero-order valence-corrected chi connectivity index (χ0v) is 18.2. The highest BCUT2D eigenvalue weighted by Gasteiger charge is 2.34. The molecule has 156 valence electrons. The van der Waals surface area contributed by atoms with Crippen molar-refractivity contribution in [2.24, 2.45) is 5.92 Å². The van der Waals surface area contributed by atoms with Crippen LogP contribution in [0.25, 0.3) is 0 Å². The quantitative estimate of drug-likeness (QED) is 0.659. The van der Waals surface area contributed by atoms with Gasteiger partial charge in [0.1, 0.15) is 5.82 Å². The number of benzene rings is 1. The van der Waals surface area contributed by atoms with Crippen molar-refractivity contribution in [1.82, 2.24) is 9.80 Å². The third-order valence-corrected chi connectivity index (χ3v) is 6.20. The van der Waals surface area contributed by atoms with Crippen LogP contribution in [-0.2, 0) is 16.0 Å². The van der Waals surface area contributed by atoms with Crippen LogP contribution in [0.1, 0.15) is 55.7 Å². The maximum atomic E-state index is 13.5. The van der Waals surface area contributed by atoms with Gasteiger partial charge in [-0.15, -0.1) is 11.3 Å². The summed E-state index contributed by atoms with van der Waals surface area (Å²) >= 11 is 1.70. The van der Waals surface area contributed by atoms with Gasteiger partial charge in [0.15, 0.2) is 0 Å². The van der Waals surface area contributed by atoms with Gasteiger partial charge in [-0.25, -0.2) is 4.39 Å². The zero-order chi connectivity index (χ0) is 21.0. The van der Waals surface area contributed by atoms with E-state index in [-0.39, 0.29) is 30.2 Å². The molecule has 0 bridgehead atoms. The van der Waals surface area contributed by atoms with Gasteiger partial charge >= 0.3 is 0 Å². The van der Waals surface area contributed by atoms with Crippen LogP contribution in [0, 0.1) is 11.7 Å². The Balaban J connectivity index is 1.87. The van der Waals surface area contributed by atoms with Gasteiger partial charge in [-0.2, -0.15) is 0 Å². The highest BCUT2D eigenvalue weighted by atomic mass is 32.1. The molecule has 0 saturated heterocycles. The summed E-state index contributed by atoms with van der Waals surface area (Å²) in [6.45, 7) is 7.34. The van der Waals surface area contributed by atoms with Gasteiger partial charge in [-0.3, -0.25) is 9.59 Å². The summed E-state index contributed by atoms with van der Waals surface area (Å²) in [4.78, 5) is 30.7. The van der Waals surface area contributed by atoms with Gasteiger partial charge in [-0.05, 0) is 53.5 Å². The Morgan fingerprint density at radius 2 is 1.97 bits per heavy atom. The number of fused-ring (bicyclic) bond motifs is 1. The average Bonchev–Trinajstić information content (AvgIpc) is 3.16. The summed E-state index contributed by atoms with van der Waals surface area (Å²) in [6, 6.07) is 8.20. The van der Waals surface area contributed by atoms with Crippen LogP contribution in [-0.4, -0.2) is 41.2 Å². The smallest absolute Gasteiger partial charge is 0.242 e. The van der Waals surface area contributed by atoms with Crippen molar-refractivity contribution in [3.8, 4) is 0 Å². The molecule has 1 aliphatic heterocycles. The van der Waals surface area contributed by atoms with Crippen molar-refractivity contribution in [2.75, 3.05) is 19.6 Å². The Morgan fingerprint density at radius 3 is 2.62 bits per heavy atom. The molecule has 0 radical (unpaired) electrons. The molecule has 0 spiro atoms. The summed E-state index contributed by atoms with van der Waals surface area (Å²) in [5, 5.41) is 2.05. The Hall–Kier alpha value is -2.21. The molecule has 4 nitrogen and oxygen atoms in total. The van der Waals surface area contributed by atoms with Gasteiger partial charge in [0, 0.05) is 24.4 Å². The lowest BCUT2D eigenvalue weighted by atomic mass is 9.93. The summed E-state index contributed by atoms with van der Waals surface area (Å²) in [7, 11) is 0. The van der Waals surface area contributed by atoms with Crippen LogP contribution < -0.4 is 0 Å². The van der Waals surface area contributed by atoms with Crippen molar-refractivity contribution in [3.05, 3.63) is 57.5 Å². The Kier molecular flexibility index (Phi) is 7.06. The number of nitrogens with zero attached hydrogens (tertiary/aromatic N) is 2. The van der Waals surface area contributed by atoms with E-state index >= 15 is 0 Å². The molecule has 29 heavy (non-hydrogen) atoms. The highest BCUT2D eigenvalue weighted by Crippen LogP contribution is 2.37. The number of hydrogen-bond donors (Lipinski definition) is 0. The van der Waals surface area contributed by atoms with Gasteiger partial charge in [-0.1, -0.05) is 32.9 Å². The minimum absolute atomic E-state index is 0.0288.